The van der Waals surface area contributed by atoms with Gasteiger partial charge < -0.3 is 15.2 Å². The maximum absolute atomic E-state index is 5.89. The number of benzene rings is 1. The van der Waals surface area contributed by atoms with Gasteiger partial charge in [-0.15, -0.1) is 0 Å². The number of aryl methyl sites for hydroxylation is 1. The van der Waals surface area contributed by atoms with E-state index >= 15 is 0 Å². The van der Waals surface area contributed by atoms with Crippen molar-refractivity contribution >= 4 is 0 Å². The summed E-state index contributed by atoms with van der Waals surface area (Å²) in [6, 6.07) is 4.09. The van der Waals surface area contributed by atoms with Gasteiger partial charge in [-0.05, 0) is 41.7 Å². The zero-order valence-electron chi connectivity index (χ0n) is 10.7. The number of hydrogen-bond acceptors (Lipinski definition) is 3. The van der Waals surface area contributed by atoms with E-state index < -0.39 is 0 Å². The molecule has 0 heterocycles. The lowest BCUT2D eigenvalue weighted by molar-refractivity contribution is 0.108. The maximum Gasteiger partial charge on any atom is 0.131 e. The predicted octanol–water partition coefficient (Wildman–Crippen LogP) is 2.73. The number of ether oxygens (including phenoxy) is 2. The Balaban J connectivity index is 3.27. The first kappa shape index (κ1) is 13.0. The zero-order valence-corrected chi connectivity index (χ0v) is 10.7. The highest BCUT2D eigenvalue weighted by atomic mass is 16.5. The van der Waals surface area contributed by atoms with Crippen LogP contribution in [0.4, 0.5) is 0 Å². The summed E-state index contributed by atoms with van der Waals surface area (Å²) in [5.74, 6) is 1.32. The lowest BCUT2D eigenvalue weighted by atomic mass is 9.96. The number of rotatable bonds is 4. The first-order valence-corrected chi connectivity index (χ1v) is 5.48. The van der Waals surface area contributed by atoms with Crippen molar-refractivity contribution in [2.24, 2.45) is 5.73 Å². The third-order valence-corrected chi connectivity index (χ3v) is 2.80. The van der Waals surface area contributed by atoms with Crippen LogP contribution >= 0.6 is 0 Å². The molecule has 1 unspecified atom stereocenters. The van der Waals surface area contributed by atoms with Crippen LogP contribution in [0.15, 0.2) is 12.1 Å². The Kier molecular flexibility index (Phi) is 4.33. The molecule has 0 bridgehead atoms. The summed E-state index contributed by atoms with van der Waals surface area (Å²) in [5.41, 5.74) is 9.17. The van der Waals surface area contributed by atoms with Gasteiger partial charge >= 0.3 is 0 Å². The van der Waals surface area contributed by atoms with Crippen LogP contribution < -0.4 is 10.5 Å². The molecule has 3 nitrogen and oxygen atoms in total. The van der Waals surface area contributed by atoms with E-state index in [-0.39, 0.29) is 6.23 Å². The fraction of sp³-hybridized carbons (Fsp3) is 0.538. The fourth-order valence-electron chi connectivity index (χ4n) is 1.78. The molecule has 0 aliphatic heterocycles. The second-order valence-electron chi connectivity index (χ2n) is 4.26. The van der Waals surface area contributed by atoms with Gasteiger partial charge in [-0.25, -0.2) is 0 Å². The number of methoxy groups -OCH3 is 2. The molecule has 0 fully saturated rings. The van der Waals surface area contributed by atoms with Crippen LogP contribution in [-0.4, -0.2) is 14.2 Å². The highest BCUT2D eigenvalue weighted by Crippen LogP contribution is 2.31. The Morgan fingerprint density at radius 1 is 1.12 bits per heavy atom. The molecule has 0 aliphatic carbocycles. The van der Waals surface area contributed by atoms with E-state index in [9.17, 15) is 0 Å². The minimum atomic E-state index is -0.372. The van der Waals surface area contributed by atoms with Gasteiger partial charge in [-0.2, -0.15) is 0 Å². The Hall–Kier alpha value is -1.06. The molecule has 0 saturated carbocycles. The van der Waals surface area contributed by atoms with Gasteiger partial charge in [0, 0.05) is 7.11 Å². The van der Waals surface area contributed by atoms with E-state index in [0.717, 1.165) is 22.4 Å². The second-order valence-corrected chi connectivity index (χ2v) is 4.26. The second kappa shape index (κ2) is 5.32. The van der Waals surface area contributed by atoms with Crippen molar-refractivity contribution in [3.8, 4) is 5.75 Å². The van der Waals surface area contributed by atoms with E-state index in [1.807, 2.05) is 13.0 Å². The molecule has 2 N–H and O–H groups in total. The van der Waals surface area contributed by atoms with Crippen molar-refractivity contribution in [2.45, 2.75) is 32.9 Å². The topological polar surface area (TPSA) is 44.5 Å². The summed E-state index contributed by atoms with van der Waals surface area (Å²) in [4.78, 5) is 0. The highest BCUT2D eigenvalue weighted by molar-refractivity contribution is 5.44. The zero-order chi connectivity index (χ0) is 12.3. The summed E-state index contributed by atoms with van der Waals surface area (Å²) in [5, 5.41) is 0. The minimum absolute atomic E-state index is 0.372. The van der Waals surface area contributed by atoms with Gasteiger partial charge in [-0.3, -0.25) is 0 Å². The fourth-order valence-corrected chi connectivity index (χ4v) is 1.78. The van der Waals surface area contributed by atoms with Gasteiger partial charge in [0.15, 0.2) is 0 Å². The maximum atomic E-state index is 5.89. The van der Waals surface area contributed by atoms with Crippen molar-refractivity contribution in [3.05, 3.63) is 28.8 Å². The number of hydrogen-bond donors (Lipinski definition) is 1. The quantitative estimate of drug-likeness (QED) is 0.798. The Morgan fingerprint density at radius 2 is 1.75 bits per heavy atom. The average molecular weight is 223 g/mol. The summed E-state index contributed by atoms with van der Waals surface area (Å²) in [7, 11) is 3.31. The largest absolute Gasteiger partial charge is 0.496 e. The van der Waals surface area contributed by atoms with Crippen molar-refractivity contribution in [2.75, 3.05) is 14.2 Å². The molecule has 0 radical (unpaired) electrons. The van der Waals surface area contributed by atoms with Crippen LogP contribution in [0.1, 0.15) is 42.7 Å². The lowest BCUT2D eigenvalue weighted by Crippen LogP contribution is -2.14. The molecular formula is C13H21NO2. The first-order chi connectivity index (χ1) is 7.51. The molecule has 0 amide bonds. The normalized spacial score (nSPS) is 12.9. The molecule has 1 atom stereocenters. The van der Waals surface area contributed by atoms with Crippen LogP contribution in [0.3, 0.4) is 0 Å². The van der Waals surface area contributed by atoms with E-state index in [1.54, 1.807) is 14.2 Å². The van der Waals surface area contributed by atoms with E-state index in [4.69, 9.17) is 15.2 Å². The first-order valence-electron chi connectivity index (χ1n) is 5.48. The molecule has 16 heavy (non-hydrogen) atoms. The summed E-state index contributed by atoms with van der Waals surface area (Å²) in [6.07, 6.45) is -0.372. The van der Waals surface area contributed by atoms with Gasteiger partial charge in [0.1, 0.15) is 12.0 Å². The van der Waals surface area contributed by atoms with Crippen LogP contribution in [0, 0.1) is 6.92 Å². The molecule has 3 heteroatoms. The smallest absolute Gasteiger partial charge is 0.131 e. The Labute approximate surface area is 97.6 Å². The molecular weight excluding hydrogens is 202 g/mol. The summed E-state index contributed by atoms with van der Waals surface area (Å²) in [6.45, 7) is 6.28. The van der Waals surface area contributed by atoms with Crippen molar-refractivity contribution in [1.82, 2.24) is 0 Å². The van der Waals surface area contributed by atoms with E-state index in [2.05, 4.69) is 19.9 Å². The van der Waals surface area contributed by atoms with Crippen LogP contribution in [0.25, 0.3) is 0 Å². The SMILES string of the molecule is COc1cc(C)c(C(N)OC)cc1C(C)C. The van der Waals surface area contributed by atoms with E-state index in [1.165, 1.54) is 0 Å². The van der Waals surface area contributed by atoms with Crippen LogP contribution in [0.5, 0.6) is 5.75 Å². The molecule has 1 aromatic carbocycles. The molecule has 0 spiro atoms. The van der Waals surface area contributed by atoms with Gasteiger partial charge in [-0.1, -0.05) is 13.8 Å². The van der Waals surface area contributed by atoms with Crippen LogP contribution in [0.2, 0.25) is 0 Å². The third kappa shape index (κ3) is 2.54. The van der Waals surface area contributed by atoms with Crippen LogP contribution in [-0.2, 0) is 4.74 Å². The van der Waals surface area contributed by atoms with Crippen molar-refractivity contribution in [1.29, 1.82) is 0 Å². The molecule has 90 valence electrons. The predicted molar refractivity (Wildman–Crippen MR) is 65.8 cm³/mol. The summed E-state index contributed by atoms with van der Waals surface area (Å²) >= 11 is 0. The van der Waals surface area contributed by atoms with Gasteiger partial charge in [0.2, 0.25) is 0 Å². The standard InChI is InChI=1S/C13H21NO2/c1-8(2)10-7-11(13(14)16-5)9(3)6-12(10)15-4/h6-8,13H,14H2,1-5H3. The summed E-state index contributed by atoms with van der Waals surface area (Å²) < 4.78 is 10.5. The third-order valence-electron chi connectivity index (χ3n) is 2.80. The molecule has 0 saturated heterocycles. The lowest BCUT2D eigenvalue weighted by Gasteiger charge is -2.19. The monoisotopic (exact) mass is 223 g/mol. The van der Waals surface area contributed by atoms with Crippen molar-refractivity contribution in [3.63, 3.8) is 0 Å². The van der Waals surface area contributed by atoms with Gasteiger partial charge in [0.25, 0.3) is 0 Å². The van der Waals surface area contributed by atoms with Crippen molar-refractivity contribution < 1.29 is 9.47 Å². The Morgan fingerprint density at radius 3 is 2.19 bits per heavy atom. The Bertz CT molecular complexity index is 361. The highest BCUT2D eigenvalue weighted by Gasteiger charge is 2.14. The molecule has 1 rings (SSSR count). The molecule has 0 aliphatic rings. The number of nitrogens with two attached hydrogens (primary N) is 1. The molecule has 1 aromatic rings. The average Bonchev–Trinajstić information content (AvgIpc) is 2.27. The molecule has 0 aromatic heterocycles. The van der Waals surface area contributed by atoms with E-state index in [0.29, 0.717) is 5.92 Å². The minimum Gasteiger partial charge on any atom is -0.496 e. The van der Waals surface area contributed by atoms with Gasteiger partial charge in [0.05, 0.1) is 7.11 Å².